The summed E-state index contributed by atoms with van der Waals surface area (Å²) in [6.07, 6.45) is 2.46. The third-order valence-corrected chi connectivity index (χ3v) is 3.85. The van der Waals surface area contributed by atoms with Gasteiger partial charge in [-0.2, -0.15) is 5.10 Å². The van der Waals surface area contributed by atoms with E-state index >= 15 is 0 Å². The summed E-state index contributed by atoms with van der Waals surface area (Å²) in [6, 6.07) is 15.9. The van der Waals surface area contributed by atoms with E-state index in [2.05, 4.69) is 15.5 Å². The van der Waals surface area contributed by atoms with Crippen LogP contribution in [0.2, 0.25) is 0 Å². The number of hydrogen-bond donors (Lipinski definition) is 2. The molecule has 4 nitrogen and oxygen atoms in total. The van der Waals surface area contributed by atoms with Crippen LogP contribution in [0.1, 0.15) is 34.8 Å². The first kappa shape index (κ1) is 15.0. The maximum absolute atomic E-state index is 12.4. The summed E-state index contributed by atoms with van der Waals surface area (Å²) in [5.41, 5.74) is 7.30. The first-order chi connectivity index (χ1) is 11.2. The lowest BCUT2D eigenvalue weighted by atomic mass is 10.1. The van der Waals surface area contributed by atoms with Crippen LogP contribution in [0.15, 0.2) is 59.8 Å². The third-order valence-electron chi connectivity index (χ3n) is 3.85. The molecule has 4 heteroatoms. The lowest BCUT2D eigenvalue weighted by Crippen LogP contribution is -2.19. The van der Waals surface area contributed by atoms with Gasteiger partial charge in [0.25, 0.3) is 5.91 Å². The average Bonchev–Trinajstić information content (AvgIpc) is 3.01. The highest BCUT2D eigenvalue weighted by atomic mass is 16.2. The van der Waals surface area contributed by atoms with Gasteiger partial charge in [0.15, 0.2) is 0 Å². The van der Waals surface area contributed by atoms with Crippen LogP contribution in [0.3, 0.4) is 0 Å². The molecule has 0 saturated heterocycles. The van der Waals surface area contributed by atoms with Gasteiger partial charge in [0.05, 0.1) is 11.3 Å². The molecule has 0 spiro atoms. The van der Waals surface area contributed by atoms with Gasteiger partial charge < -0.3 is 4.98 Å². The molecule has 0 bridgehead atoms. The zero-order valence-electron chi connectivity index (χ0n) is 13.3. The summed E-state index contributed by atoms with van der Waals surface area (Å²) in [6.45, 7) is 4.07. The van der Waals surface area contributed by atoms with Crippen molar-refractivity contribution in [3.05, 3.63) is 71.4 Å². The molecule has 3 aromatic rings. The number of hydrazone groups is 1. The van der Waals surface area contributed by atoms with Crippen molar-refractivity contribution in [2.24, 2.45) is 5.10 Å². The quantitative estimate of drug-likeness (QED) is 0.555. The Hall–Kier alpha value is -2.88. The minimum absolute atomic E-state index is 0.208. The number of aromatic amines is 1. The van der Waals surface area contributed by atoms with E-state index in [4.69, 9.17) is 0 Å². The summed E-state index contributed by atoms with van der Waals surface area (Å²) in [5, 5.41) is 5.20. The summed E-state index contributed by atoms with van der Waals surface area (Å²) < 4.78 is 0. The van der Waals surface area contributed by atoms with Gasteiger partial charge in [-0.3, -0.25) is 4.79 Å². The number of carbonyl (C=O) groups is 1. The van der Waals surface area contributed by atoms with Crippen molar-refractivity contribution in [3.63, 3.8) is 0 Å². The molecule has 2 N–H and O–H groups in total. The Morgan fingerprint density at radius 2 is 1.87 bits per heavy atom. The van der Waals surface area contributed by atoms with Crippen LogP contribution >= 0.6 is 0 Å². The third kappa shape index (κ3) is 3.16. The number of benzene rings is 2. The first-order valence-electron chi connectivity index (χ1n) is 7.69. The number of H-pyrrole nitrogens is 1. The van der Waals surface area contributed by atoms with Gasteiger partial charge in [0.2, 0.25) is 0 Å². The van der Waals surface area contributed by atoms with Crippen LogP contribution in [-0.2, 0) is 0 Å². The standard InChI is InChI=1S/C19H19N3O/c1-3-17(14-10-8-13(2)9-11-14)21-22-19(23)16-12-20-18-7-5-4-6-15(16)18/h4-12,20H,3H2,1-2H3,(H,22,23)/b21-17-. The van der Waals surface area contributed by atoms with E-state index in [0.717, 1.165) is 28.6 Å². The number of aryl methyl sites for hydroxylation is 1. The number of amides is 1. The van der Waals surface area contributed by atoms with E-state index in [1.165, 1.54) is 5.56 Å². The van der Waals surface area contributed by atoms with Gasteiger partial charge >= 0.3 is 0 Å². The van der Waals surface area contributed by atoms with E-state index in [-0.39, 0.29) is 5.91 Å². The summed E-state index contributed by atoms with van der Waals surface area (Å²) in [4.78, 5) is 15.5. The topological polar surface area (TPSA) is 57.2 Å². The van der Waals surface area contributed by atoms with Gasteiger partial charge in [-0.05, 0) is 25.0 Å². The number of carbonyl (C=O) groups excluding carboxylic acids is 1. The molecule has 0 unspecified atom stereocenters. The van der Waals surface area contributed by atoms with Crippen molar-refractivity contribution in [2.75, 3.05) is 0 Å². The number of nitrogens with zero attached hydrogens (tertiary/aromatic N) is 1. The van der Waals surface area contributed by atoms with Crippen LogP contribution in [0.4, 0.5) is 0 Å². The SMILES string of the molecule is CC/C(=N/NC(=O)c1c[nH]c2ccccc12)c1ccc(C)cc1. The maximum atomic E-state index is 12.4. The largest absolute Gasteiger partial charge is 0.360 e. The molecule has 0 fully saturated rings. The molecule has 0 aliphatic heterocycles. The van der Waals surface area contributed by atoms with E-state index < -0.39 is 0 Å². The molecule has 1 amide bonds. The molecule has 116 valence electrons. The smallest absolute Gasteiger partial charge is 0.273 e. The first-order valence-corrected chi connectivity index (χ1v) is 7.69. The van der Waals surface area contributed by atoms with Crippen LogP contribution in [0.25, 0.3) is 10.9 Å². The predicted octanol–water partition coefficient (Wildman–Crippen LogP) is 4.02. The minimum Gasteiger partial charge on any atom is -0.360 e. The van der Waals surface area contributed by atoms with Crippen LogP contribution in [0, 0.1) is 6.92 Å². The molecule has 3 rings (SSSR count). The number of aromatic nitrogens is 1. The van der Waals surface area contributed by atoms with Gasteiger partial charge in [-0.15, -0.1) is 0 Å². The second-order valence-electron chi connectivity index (χ2n) is 5.47. The van der Waals surface area contributed by atoms with Gasteiger partial charge in [0.1, 0.15) is 0 Å². The van der Waals surface area contributed by atoms with E-state index in [0.29, 0.717) is 5.56 Å². The van der Waals surface area contributed by atoms with Crippen LogP contribution in [-0.4, -0.2) is 16.6 Å². The molecule has 23 heavy (non-hydrogen) atoms. The van der Waals surface area contributed by atoms with Crippen molar-refractivity contribution >= 4 is 22.5 Å². The molecule has 0 aliphatic carbocycles. The number of rotatable bonds is 4. The van der Waals surface area contributed by atoms with Crippen molar-refractivity contribution < 1.29 is 4.79 Å². The Labute approximate surface area is 135 Å². The summed E-state index contributed by atoms with van der Waals surface area (Å²) in [7, 11) is 0. The molecular formula is C19H19N3O. The zero-order chi connectivity index (χ0) is 16.2. The average molecular weight is 305 g/mol. The monoisotopic (exact) mass is 305 g/mol. The molecule has 0 aliphatic rings. The molecule has 0 saturated carbocycles. The van der Waals surface area contributed by atoms with Gasteiger partial charge in [-0.1, -0.05) is 55.0 Å². The van der Waals surface area contributed by atoms with Gasteiger partial charge in [0, 0.05) is 17.1 Å². The summed E-state index contributed by atoms with van der Waals surface area (Å²) in [5.74, 6) is -0.208. The van der Waals surface area contributed by atoms with Gasteiger partial charge in [-0.25, -0.2) is 5.43 Å². The molecule has 1 heterocycles. The number of para-hydroxylation sites is 1. The Bertz CT molecular complexity index is 860. The predicted molar refractivity (Wildman–Crippen MR) is 93.8 cm³/mol. The Kier molecular flexibility index (Phi) is 4.24. The minimum atomic E-state index is -0.208. The van der Waals surface area contributed by atoms with E-state index in [1.807, 2.05) is 62.4 Å². The van der Waals surface area contributed by atoms with E-state index in [9.17, 15) is 4.79 Å². The zero-order valence-corrected chi connectivity index (χ0v) is 13.3. The fourth-order valence-electron chi connectivity index (χ4n) is 2.53. The van der Waals surface area contributed by atoms with Crippen molar-refractivity contribution in [3.8, 4) is 0 Å². The van der Waals surface area contributed by atoms with Crippen LogP contribution < -0.4 is 5.43 Å². The molecule has 2 aromatic carbocycles. The Morgan fingerprint density at radius 3 is 2.61 bits per heavy atom. The number of nitrogens with one attached hydrogen (secondary N) is 2. The van der Waals surface area contributed by atoms with Crippen LogP contribution in [0.5, 0.6) is 0 Å². The highest BCUT2D eigenvalue weighted by Gasteiger charge is 2.11. The second-order valence-corrected chi connectivity index (χ2v) is 5.47. The van der Waals surface area contributed by atoms with Crippen molar-refractivity contribution in [1.29, 1.82) is 0 Å². The fraction of sp³-hybridized carbons (Fsp3) is 0.158. The highest BCUT2D eigenvalue weighted by Crippen LogP contribution is 2.17. The van der Waals surface area contributed by atoms with Crippen molar-refractivity contribution in [1.82, 2.24) is 10.4 Å². The lowest BCUT2D eigenvalue weighted by Gasteiger charge is -2.05. The Balaban J connectivity index is 1.82. The number of fused-ring (bicyclic) bond motifs is 1. The lowest BCUT2D eigenvalue weighted by molar-refractivity contribution is 0.0956. The number of hydrogen-bond acceptors (Lipinski definition) is 2. The summed E-state index contributed by atoms with van der Waals surface area (Å²) >= 11 is 0. The normalized spacial score (nSPS) is 11.7. The second kappa shape index (κ2) is 6.48. The van der Waals surface area contributed by atoms with E-state index in [1.54, 1.807) is 6.20 Å². The molecule has 0 radical (unpaired) electrons. The highest BCUT2D eigenvalue weighted by molar-refractivity contribution is 6.07. The fourth-order valence-corrected chi connectivity index (χ4v) is 2.53. The Morgan fingerprint density at radius 1 is 1.13 bits per heavy atom. The van der Waals surface area contributed by atoms with Crippen molar-refractivity contribution in [2.45, 2.75) is 20.3 Å². The molecule has 0 atom stereocenters. The molecular weight excluding hydrogens is 286 g/mol. The molecule has 1 aromatic heterocycles. The maximum Gasteiger partial charge on any atom is 0.273 e.